The van der Waals surface area contributed by atoms with Crippen molar-refractivity contribution in [3.63, 3.8) is 0 Å². The van der Waals surface area contributed by atoms with Crippen LogP contribution in [-0.4, -0.2) is 25.1 Å². The Bertz CT molecular complexity index is 804. The minimum absolute atomic E-state index is 0.0990. The molecule has 6 nitrogen and oxygen atoms in total. The van der Waals surface area contributed by atoms with Gasteiger partial charge < -0.3 is 20.7 Å². The van der Waals surface area contributed by atoms with E-state index in [1.807, 2.05) is 0 Å². The number of carbonyl (C=O) groups is 2. The second-order valence-corrected chi connectivity index (χ2v) is 5.64. The van der Waals surface area contributed by atoms with Gasteiger partial charge in [0.1, 0.15) is 11.6 Å². The van der Waals surface area contributed by atoms with Gasteiger partial charge in [0.05, 0.1) is 11.6 Å². The van der Waals surface area contributed by atoms with E-state index >= 15 is 0 Å². The summed E-state index contributed by atoms with van der Waals surface area (Å²) in [6, 6.07) is 8.75. The number of nitrogens with one attached hydrogen (secondary N) is 3. The minimum Gasteiger partial charge on any atom is -0.433 e. The summed E-state index contributed by atoms with van der Waals surface area (Å²) in [5.74, 6) is -1.15. The second-order valence-electron chi connectivity index (χ2n) is 5.23. The van der Waals surface area contributed by atoms with Crippen molar-refractivity contribution in [2.24, 2.45) is 0 Å². The van der Waals surface area contributed by atoms with Crippen LogP contribution < -0.4 is 20.7 Å². The van der Waals surface area contributed by atoms with Gasteiger partial charge in [-0.2, -0.15) is 8.78 Å². The summed E-state index contributed by atoms with van der Waals surface area (Å²) in [5, 5.41) is 7.20. The molecular weight excluding hydrogens is 387 g/mol. The molecule has 2 rings (SSSR count). The fourth-order valence-corrected chi connectivity index (χ4v) is 2.21. The maximum Gasteiger partial charge on any atom is 0.387 e. The normalized spacial score (nSPS) is 10.4. The van der Waals surface area contributed by atoms with Crippen molar-refractivity contribution in [2.45, 2.75) is 13.2 Å². The molecule has 10 heteroatoms. The van der Waals surface area contributed by atoms with Gasteiger partial charge in [0.15, 0.2) is 0 Å². The zero-order valence-corrected chi connectivity index (χ0v) is 14.5. The van der Waals surface area contributed by atoms with Gasteiger partial charge in [0.25, 0.3) is 0 Å². The number of alkyl halides is 2. The monoisotopic (exact) mass is 401 g/mol. The Labute approximate surface area is 157 Å². The van der Waals surface area contributed by atoms with Crippen molar-refractivity contribution in [1.29, 1.82) is 0 Å². The Hall–Kier alpha value is -2.94. The largest absolute Gasteiger partial charge is 0.433 e. The summed E-state index contributed by atoms with van der Waals surface area (Å²) >= 11 is 5.78. The van der Waals surface area contributed by atoms with E-state index in [0.29, 0.717) is 5.56 Å². The number of anilines is 1. The topological polar surface area (TPSA) is 79.5 Å². The number of benzene rings is 2. The van der Waals surface area contributed by atoms with Crippen molar-refractivity contribution in [1.82, 2.24) is 10.6 Å². The van der Waals surface area contributed by atoms with Crippen LogP contribution in [0.3, 0.4) is 0 Å². The van der Waals surface area contributed by atoms with Crippen LogP contribution in [0.1, 0.15) is 5.56 Å². The molecule has 0 fully saturated rings. The molecule has 0 aliphatic rings. The zero-order chi connectivity index (χ0) is 19.8. The number of hydrogen-bond acceptors (Lipinski definition) is 3. The van der Waals surface area contributed by atoms with E-state index in [1.165, 1.54) is 42.5 Å². The first-order valence-electron chi connectivity index (χ1n) is 7.64. The number of halogens is 4. The maximum atomic E-state index is 12.8. The number of rotatable bonds is 7. The van der Waals surface area contributed by atoms with Crippen LogP contribution in [0.15, 0.2) is 42.5 Å². The lowest BCUT2D eigenvalue weighted by Gasteiger charge is -2.10. The third-order valence-corrected chi connectivity index (χ3v) is 3.50. The van der Waals surface area contributed by atoms with E-state index in [2.05, 4.69) is 20.7 Å². The summed E-state index contributed by atoms with van der Waals surface area (Å²) in [7, 11) is 0. The third kappa shape index (κ3) is 7.06. The molecule has 3 amide bonds. The first-order chi connectivity index (χ1) is 12.8. The molecule has 0 unspecified atom stereocenters. The zero-order valence-electron chi connectivity index (χ0n) is 13.8. The van der Waals surface area contributed by atoms with E-state index in [-0.39, 0.29) is 35.4 Å². The van der Waals surface area contributed by atoms with E-state index in [1.54, 1.807) is 0 Å². The molecule has 144 valence electrons. The average molecular weight is 402 g/mol. The Balaban J connectivity index is 1.76. The van der Waals surface area contributed by atoms with Crippen LogP contribution in [0.4, 0.5) is 23.7 Å². The summed E-state index contributed by atoms with van der Waals surface area (Å²) in [4.78, 5) is 23.5. The lowest BCUT2D eigenvalue weighted by Crippen LogP contribution is -2.39. The molecule has 2 aromatic rings. The Morgan fingerprint density at radius 3 is 2.41 bits per heavy atom. The molecule has 0 saturated carbocycles. The molecule has 0 saturated heterocycles. The number of carbonyl (C=O) groups excluding carboxylic acids is 2. The Morgan fingerprint density at radius 2 is 1.78 bits per heavy atom. The van der Waals surface area contributed by atoms with Gasteiger partial charge in [-0.15, -0.1) is 0 Å². The predicted octanol–water partition coefficient (Wildman–Crippen LogP) is 3.52. The van der Waals surface area contributed by atoms with Gasteiger partial charge >= 0.3 is 12.6 Å². The molecule has 3 N–H and O–H groups in total. The Kier molecular flexibility index (Phi) is 7.30. The molecule has 0 heterocycles. The van der Waals surface area contributed by atoms with Gasteiger partial charge in [-0.1, -0.05) is 23.7 Å². The molecule has 0 atom stereocenters. The van der Waals surface area contributed by atoms with Crippen LogP contribution in [0.25, 0.3) is 0 Å². The van der Waals surface area contributed by atoms with Crippen LogP contribution in [-0.2, 0) is 11.3 Å². The summed E-state index contributed by atoms with van der Waals surface area (Å²) in [6.07, 6.45) is 0. The van der Waals surface area contributed by atoms with E-state index in [0.717, 1.165) is 0 Å². The van der Waals surface area contributed by atoms with Gasteiger partial charge in [-0.25, -0.2) is 9.18 Å². The molecule has 27 heavy (non-hydrogen) atoms. The third-order valence-electron chi connectivity index (χ3n) is 3.21. The molecular formula is C17H15ClF3N3O3. The lowest BCUT2D eigenvalue weighted by molar-refractivity contribution is -0.115. The number of amides is 3. The van der Waals surface area contributed by atoms with Gasteiger partial charge in [-0.05, 0) is 35.9 Å². The molecule has 0 aromatic heterocycles. The molecule has 0 bridgehead atoms. The highest BCUT2D eigenvalue weighted by atomic mass is 35.5. The highest BCUT2D eigenvalue weighted by Crippen LogP contribution is 2.28. The highest BCUT2D eigenvalue weighted by Gasteiger charge is 2.11. The summed E-state index contributed by atoms with van der Waals surface area (Å²) in [5.41, 5.74) is 0.942. The molecule has 0 aliphatic carbocycles. The highest BCUT2D eigenvalue weighted by molar-refractivity contribution is 6.32. The quantitative estimate of drug-likeness (QED) is 0.664. The SMILES string of the molecule is O=C(CNC(=O)NCc1ccc(F)cc1)Nc1ccc(OC(F)F)c(Cl)c1. The Morgan fingerprint density at radius 1 is 1.07 bits per heavy atom. The van der Waals surface area contributed by atoms with E-state index < -0.39 is 18.5 Å². The maximum absolute atomic E-state index is 12.8. The minimum atomic E-state index is -3.01. The van der Waals surface area contributed by atoms with E-state index in [4.69, 9.17) is 11.6 Å². The van der Waals surface area contributed by atoms with Crippen molar-refractivity contribution in [2.75, 3.05) is 11.9 Å². The fraction of sp³-hybridized carbons (Fsp3) is 0.176. The van der Waals surface area contributed by atoms with Crippen molar-refractivity contribution >= 4 is 29.2 Å². The standard InChI is InChI=1S/C17H15ClF3N3O3/c18-13-7-12(5-6-14(13)27-16(20)21)24-15(25)9-23-17(26)22-8-10-1-3-11(19)4-2-10/h1-7,16H,8-9H2,(H,24,25)(H2,22,23,26). The molecule has 0 aliphatic heterocycles. The first-order valence-corrected chi connectivity index (χ1v) is 8.01. The van der Waals surface area contributed by atoms with Gasteiger partial charge in [0, 0.05) is 12.2 Å². The van der Waals surface area contributed by atoms with Crippen molar-refractivity contribution in [3.8, 4) is 5.75 Å². The molecule has 0 spiro atoms. The predicted molar refractivity (Wildman–Crippen MR) is 93.4 cm³/mol. The number of ether oxygens (including phenoxy) is 1. The first kappa shape index (κ1) is 20.4. The van der Waals surface area contributed by atoms with E-state index in [9.17, 15) is 22.8 Å². The average Bonchev–Trinajstić information content (AvgIpc) is 2.61. The van der Waals surface area contributed by atoms with Crippen LogP contribution >= 0.6 is 11.6 Å². The van der Waals surface area contributed by atoms with Crippen molar-refractivity contribution < 1.29 is 27.5 Å². The van der Waals surface area contributed by atoms with Gasteiger partial charge in [0.2, 0.25) is 5.91 Å². The van der Waals surface area contributed by atoms with Gasteiger partial charge in [-0.3, -0.25) is 4.79 Å². The second kappa shape index (κ2) is 9.67. The summed E-state index contributed by atoms with van der Waals surface area (Å²) in [6.45, 7) is -3.18. The van der Waals surface area contributed by atoms with Crippen LogP contribution in [0.5, 0.6) is 5.75 Å². The fourth-order valence-electron chi connectivity index (χ4n) is 1.98. The number of urea groups is 1. The molecule has 2 aromatic carbocycles. The molecule has 0 radical (unpaired) electrons. The summed E-state index contributed by atoms with van der Waals surface area (Å²) < 4.78 is 41.3. The van der Waals surface area contributed by atoms with Crippen LogP contribution in [0.2, 0.25) is 5.02 Å². The number of hydrogen-bond donors (Lipinski definition) is 3. The smallest absolute Gasteiger partial charge is 0.387 e. The van der Waals surface area contributed by atoms with Crippen molar-refractivity contribution in [3.05, 3.63) is 58.9 Å². The lowest BCUT2D eigenvalue weighted by atomic mass is 10.2. The van der Waals surface area contributed by atoms with Crippen LogP contribution in [0, 0.1) is 5.82 Å².